The lowest BCUT2D eigenvalue weighted by Crippen LogP contribution is -2.23. The van der Waals surface area contributed by atoms with Crippen LogP contribution in [0.1, 0.15) is 0 Å². The third-order valence-electron chi connectivity index (χ3n) is 1.05. The molecule has 1 unspecified atom stereocenters. The number of anilines is 1. The lowest BCUT2D eigenvalue weighted by molar-refractivity contribution is 0.528. The Kier molecular flexibility index (Phi) is 3.03. The van der Waals surface area contributed by atoms with Crippen molar-refractivity contribution < 1.29 is 8.76 Å². The molecule has 0 fully saturated rings. The minimum atomic E-state index is -2.28. The Labute approximate surface area is 67.0 Å². The monoisotopic (exact) mass is 171 g/mol. The average molecular weight is 171 g/mol. The van der Waals surface area contributed by atoms with E-state index >= 15 is 0 Å². The molecule has 0 amide bonds. The Bertz CT molecular complexity index is 240. The van der Waals surface area contributed by atoms with Crippen LogP contribution in [-0.4, -0.2) is 8.76 Å². The Balaban J connectivity index is 2.45. The molecule has 0 heterocycles. The number of hydrazine groups is 1. The quantitative estimate of drug-likeness (QED) is 0.511. The van der Waals surface area contributed by atoms with E-state index in [4.69, 9.17) is 0 Å². The standard InChI is InChI=1S/C6H8N2O2S/c9-11(10)8-7-6-4-2-1-3-5-6/h1-5,7-8H,(H,9,10)/p-1. The van der Waals surface area contributed by atoms with Crippen molar-refractivity contribution in [3.63, 3.8) is 0 Å². The second-order valence-corrected chi connectivity index (χ2v) is 2.50. The topological polar surface area (TPSA) is 64.2 Å². The summed E-state index contributed by atoms with van der Waals surface area (Å²) in [5.74, 6) is 0. The van der Waals surface area contributed by atoms with Crippen molar-refractivity contribution in [2.75, 3.05) is 5.43 Å². The van der Waals surface area contributed by atoms with Gasteiger partial charge in [0.25, 0.3) is 0 Å². The maximum atomic E-state index is 10.00. The van der Waals surface area contributed by atoms with Crippen LogP contribution in [-0.2, 0) is 11.3 Å². The van der Waals surface area contributed by atoms with Crippen LogP contribution >= 0.6 is 0 Å². The molecule has 1 atom stereocenters. The van der Waals surface area contributed by atoms with Gasteiger partial charge in [0.15, 0.2) is 0 Å². The molecule has 0 bridgehead atoms. The molecule has 60 valence electrons. The van der Waals surface area contributed by atoms with Gasteiger partial charge in [0.2, 0.25) is 0 Å². The fraction of sp³-hybridized carbons (Fsp3) is 0. The fourth-order valence-electron chi connectivity index (χ4n) is 0.622. The molecular weight excluding hydrogens is 164 g/mol. The third kappa shape index (κ3) is 3.13. The smallest absolute Gasteiger partial charge is 0.0497 e. The second-order valence-electron chi connectivity index (χ2n) is 1.83. The highest BCUT2D eigenvalue weighted by Gasteiger charge is 1.85. The van der Waals surface area contributed by atoms with Crippen molar-refractivity contribution in [2.45, 2.75) is 0 Å². The molecule has 0 spiro atoms. The number of hydrogen-bond donors (Lipinski definition) is 2. The van der Waals surface area contributed by atoms with Crippen LogP contribution in [0.2, 0.25) is 0 Å². The van der Waals surface area contributed by atoms with E-state index in [-0.39, 0.29) is 0 Å². The van der Waals surface area contributed by atoms with Crippen LogP contribution in [0, 0.1) is 0 Å². The van der Waals surface area contributed by atoms with E-state index in [1.54, 1.807) is 24.3 Å². The Hall–Kier alpha value is -0.910. The summed E-state index contributed by atoms with van der Waals surface area (Å²) in [6, 6.07) is 8.95. The fourth-order valence-corrected chi connectivity index (χ4v) is 0.823. The summed E-state index contributed by atoms with van der Waals surface area (Å²) in [6.07, 6.45) is 0. The van der Waals surface area contributed by atoms with Crippen molar-refractivity contribution in [2.24, 2.45) is 0 Å². The second kappa shape index (κ2) is 4.07. The van der Waals surface area contributed by atoms with Gasteiger partial charge in [-0.25, -0.2) is 0 Å². The van der Waals surface area contributed by atoms with Crippen LogP contribution in [0.15, 0.2) is 30.3 Å². The number of rotatable bonds is 3. The van der Waals surface area contributed by atoms with Crippen molar-refractivity contribution in [3.05, 3.63) is 30.3 Å². The van der Waals surface area contributed by atoms with Gasteiger partial charge in [-0.1, -0.05) is 18.2 Å². The summed E-state index contributed by atoms with van der Waals surface area (Å²) in [5, 5.41) is 0. The van der Waals surface area contributed by atoms with Gasteiger partial charge in [-0.15, -0.1) is 0 Å². The number of benzene rings is 1. The molecule has 1 aromatic rings. The largest absolute Gasteiger partial charge is 0.759 e. The Morgan fingerprint density at radius 2 is 1.91 bits per heavy atom. The maximum absolute atomic E-state index is 10.00. The molecule has 1 aromatic carbocycles. The van der Waals surface area contributed by atoms with Crippen molar-refractivity contribution in [1.82, 2.24) is 4.83 Å². The van der Waals surface area contributed by atoms with E-state index in [1.807, 2.05) is 10.9 Å². The summed E-state index contributed by atoms with van der Waals surface area (Å²) in [6.45, 7) is 0. The van der Waals surface area contributed by atoms with Gasteiger partial charge >= 0.3 is 0 Å². The van der Waals surface area contributed by atoms with Gasteiger partial charge in [-0.05, 0) is 12.1 Å². The number of hydrogen-bond acceptors (Lipinski definition) is 3. The van der Waals surface area contributed by atoms with E-state index in [9.17, 15) is 8.76 Å². The predicted molar refractivity (Wildman–Crippen MR) is 42.1 cm³/mol. The summed E-state index contributed by atoms with van der Waals surface area (Å²) in [7, 11) is 0. The lowest BCUT2D eigenvalue weighted by Gasteiger charge is -2.08. The minimum absolute atomic E-state index is 0.705. The van der Waals surface area contributed by atoms with Gasteiger partial charge in [0.05, 0.1) is 0 Å². The highest BCUT2D eigenvalue weighted by atomic mass is 32.2. The number of para-hydroxylation sites is 1. The van der Waals surface area contributed by atoms with Crippen LogP contribution < -0.4 is 10.3 Å². The van der Waals surface area contributed by atoms with Gasteiger partial charge in [0, 0.05) is 17.0 Å². The average Bonchev–Trinajstić information content (AvgIpc) is 2.03. The first kappa shape index (κ1) is 8.19. The Morgan fingerprint density at radius 3 is 2.45 bits per heavy atom. The Morgan fingerprint density at radius 1 is 1.27 bits per heavy atom. The van der Waals surface area contributed by atoms with Crippen molar-refractivity contribution in [3.8, 4) is 0 Å². The van der Waals surface area contributed by atoms with Crippen molar-refractivity contribution >= 4 is 17.0 Å². The molecule has 1 rings (SSSR count). The summed E-state index contributed by atoms with van der Waals surface area (Å²) in [4.78, 5) is 2.03. The van der Waals surface area contributed by atoms with Crippen LogP contribution in [0.25, 0.3) is 0 Å². The first-order valence-corrected chi connectivity index (χ1v) is 4.02. The van der Waals surface area contributed by atoms with Crippen LogP contribution in [0.5, 0.6) is 0 Å². The van der Waals surface area contributed by atoms with Gasteiger partial charge < -0.3 is 9.98 Å². The first-order valence-electron chi connectivity index (χ1n) is 2.95. The summed E-state index contributed by atoms with van der Waals surface area (Å²) in [5.41, 5.74) is 3.19. The van der Waals surface area contributed by atoms with E-state index in [1.165, 1.54) is 0 Å². The zero-order valence-electron chi connectivity index (χ0n) is 5.61. The van der Waals surface area contributed by atoms with Crippen LogP contribution in [0.4, 0.5) is 5.69 Å². The molecule has 11 heavy (non-hydrogen) atoms. The third-order valence-corrected chi connectivity index (χ3v) is 1.32. The van der Waals surface area contributed by atoms with E-state index < -0.39 is 11.3 Å². The molecule has 0 aromatic heterocycles. The zero-order chi connectivity index (χ0) is 8.10. The molecule has 0 aliphatic heterocycles. The van der Waals surface area contributed by atoms with E-state index in [0.29, 0.717) is 5.69 Å². The predicted octanol–water partition coefficient (Wildman–Crippen LogP) is 0.397. The van der Waals surface area contributed by atoms with Crippen molar-refractivity contribution in [1.29, 1.82) is 0 Å². The molecule has 0 aliphatic carbocycles. The first-order chi connectivity index (χ1) is 5.29. The van der Waals surface area contributed by atoms with E-state index in [2.05, 4.69) is 5.43 Å². The van der Waals surface area contributed by atoms with Gasteiger partial charge in [-0.3, -0.25) is 4.21 Å². The van der Waals surface area contributed by atoms with Crippen LogP contribution in [0.3, 0.4) is 0 Å². The highest BCUT2D eigenvalue weighted by Crippen LogP contribution is 2.02. The minimum Gasteiger partial charge on any atom is -0.759 e. The SMILES string of the molecule is O=S([O-])NNc1ccccc1. The summed E-state index contributed by atoms with van der Waals surface area (Å²) < 4.78 is 20.0. The molecule has 0 saturated carbocycles. The lowest BCUT2D eigenvalue weighted by atomic mass is 10.3. The van der Waals surface area contributed by atoms with E-state index in [0.717, 1.165) is 0 Å². The molecule has 4 nitrogen and oxygen atoms in total. The molecular formula is C6H7N2O2S-. The molecule has 2 N–H and O–H groups in total. The normalized spacial score (nSPS) is 12.5. The number of nitrogens with one attached hydrogen (secondary N) is 2. The highest BCUT2D eigenvalue weighted by molar-refractivity contribution is 7.77. The molecule has 0 aliphatic rings. The summed E-state index contributed by atoms with van der Waals surface area (Å²) >= 11 is -2.28. The molecule has 0 saturated heterocycles. The maximum Gasteiger partial charge on any atom is 0.0497 e. The van der Waals surface area contributed by atoms with Gasteiger partial charge in [-0.2, -0.15) is 4.83 Å². The molecule has 5 heteroatoms. The van der Waals surface area contributed by atoms with Gasteiger partial charge in [0.1, 0.15) is 0 Å². The molecule has 0 radical (unpaired) electrons. The zero-order valence-corrected chi connectivity index (χ0v) is 6.43.